The average molecular weight is 376 g/mol. The monoisotopic (exact) mass is 376 g/mol. The number of nitrogens with one attached hydrogen (secondary N) is 1. The van der Waals surface area contributed by atoms with Crippen molar-refractivity contribution in [3.63, 3.8) is 0 Å². The molecule has 26 heavy (non-hydrogen) atoms. The first-order valence-electron chi connectivity index (χ1n) is 8.15. The fourth-order valence-corrected chi connectivity index (χ4v) is 3.27. The highest BCUT2D eigenvalue weighted by molar-refractivity contribution is 7.89. The molecule has 0 spiro atoms. The summed E-state index contributed by atoms with van der Waals surface area (Å²) in [5.41, 5.74) is 0.949. The number of carbonyl (C=O) groups is 1. The molecule has 0 atom stereocenters. The summed E-state index contributed by atoms with van der Waals surface area (Å²) in [5.74, 6) is 0.0418. The van der Waals surface area contributed by atoms with Gasteiger partial charge in [-0.15, -0.1) is 0 Å². The maximum atomic E-state index is 12.6. The molecule has 0 saturated carbocycles. The van der Waals surface area contributed by atoms with Crippen LogP contribution in [-0.2, 0) is 16.6 Å². The molecule has 0 fully saturated rings. The second-order valence-electron chi connectivity index (χ2n) is 7.17. The van der Waals surface area contributed by atoms with Crippen LogP contribution in [0.4, 0.5) is 0 Å². The number of amides is 1. The van der Waals surface area contributed by atoms with Gasteiger partial charge >= 0.3 is 0 Å². The molecule has 1 aromatic heterocycles. The van der Waals surface area contributed by atoms with E-state index in [2.05, 4.69) is 15.3 Å². The molecule has 1 aromatic carbocycles. The van der Waals surface area contributed by atoms with Gasteiger partial charge in [0.25, 0.3) is 5.91 Å². The Kier molecular flexibility index (Phi) is 5.77. The smallest absolute Gasteiger partial charge is 0.254 e. The average Bonchev–Trinajstić information content (AvgIpc) is 2.54. The molecule has 0 saturated heterocycles. The number of aromatic nitrogens is 2. The summed E-state index contributed by atoms with van der Waals surface area (Å²) >= 11 is 0. The standard InChI is InChI=1S/C18H24N4O3S/c1-13-6-8-15(9-7-13)26(24,25)22(5)12-16-19-10-14(11-20-16)17(23)21-18(2,3)4/h6-11H,12H2,1-5H3,(H,21,23). The van der Waals surface area contributed by atoms with Crippen molar-refractivity contribution in [2.45, 2.75) is 44.7 Å². The van der Waals surface area contributed by atoms with Crippen molar-refractivity contribution in [3.8, 4) is 0 Å². The number of aryl methyl sites for hydroxylation is 1. The van der Waals surface area contributed by atoms with Crippen LogP contribution in [0.15, 0.2) is 41.6 Å². The van der Waals surface area contributed by atoms with Gasteiger partial charge < -0.3 is 5.32 Å². The topological polar surface area (TPSA) is 92.3 Å². The molecule has 7 nitrogen and oxygen atoms in total. The second kappa shape index (κ2) is 7.51. The number of sulfonamides is 1. The summed E-state index contributed by atoms with van der Waals surface area (Å²) < 4.78 is 26.4. The molecule has 8 heteroatoms. The van der Waals surface area contributed by atoms with E-state index in [4.69, 9.17) is 0 Å². The van der Waals surface area contributed by atoms with Gasteiger partial charge in [-0.1, -0.05) is 17.7 Å². The lowest BCUT2D eigenvalue weighted by Crippen LogP contribution is -2.40. The lowest BCUT2D eigenvalue weighted by molar-refractivity contribution is 0.0918. The number of nitrogens with zero attached hydrogens (tertiary/aromatic N) is 3. The lowest BCUT2D eigenvalue weighted by atomic mass is 10.1. The number of hydrogen-bond donors (Lipinski definition) is 1. The lowest BCUT2D eigenvalue weighted by Gasteiger charge is -2.20. The molecule has 2 aromatic rings. The predicted octanol–water partition coefficient (Wildman–Crippen LogP) is 2.13. The Hall–Kier alpha value is -2.32. The van der Waals surface area contributed by atoms with Crippen molar-refractivity contribution in [2.75, 3.05) is 7.05 Å². The van der Waals surface area contributed by atoms with Gasteiger partial charge in [0.05, 0.1) is 17.0 Å². The van der Waals surface area contributed by atoms with Crippen molar-refractivity contribution in [1.29, 1.82) is 0 Å². The van der Waals surface area contributed by atoms with Gasteiger partial charge in [-0.05, 0) is 39.8 Å². The van der Waals surface area contributed by atoms with Crippen LogP contribution in [0.1, 0.15) is 42.5 Å². The molecule has 1 heterocycles. The van der Waals surface area contributed by atoms with E-state index in [1.165, 1.54) is 23.7 Å². The zero-order valence-electron chi connectivity index (χ0n) is 15.6. The predicted molar refractivity (Wildman–Crippen MR) is 99.1 cm³/mol. The second-order valence-corrected chi connectivity index (χ2v) is 9.21. The third-order valence-corrected chi connectivity index (χ3v) is 5.37. The molecule has 2 rings (SSSR count). The normalized spacial score (nSPS) is 12.2. The fourth-order valence-electron chi connectivity index (χ4n) is 2.14. The van der Waals surface area contributed by atoms with E-state index >= 15 is 0 Å². The minimum Gasteiger partial charge on any atom is -0.347 e. The number of carbonyl (C=O) groups excluding carboxylic acids is 1. The molecule has 0 bridgehead atoms. The molecule has 0 aliphatic carbocycles. The Morgan fingerprint density at radius 1 is 1.12 bits per heavy atom. The summed E-state index contributed by atoms with van der Waals surface area (Å²) in [7, 11) is -2.16. The fraction of sp³-hybridized carbons (Fsp3) is 0.389. The molecule has 1 amide bonds. The van der Waals surface area contributed by atoms with Gasteiger partial charge in [0.15, 0.2) is 0 Å². The first kappa shape index (κ1) is 20.0. The molecule has 0 radical (unpaired) electrons. The van der Waals surface area contributed by atoms with E-state index in [1.54, 1.807) is 24.3 Å². The summed E-state index contributed by atoms with van der Waals surface area (Å²) in [4.78, 5) is 20.5. The highest BCUT2D eigenvalue weighted by Crippen LogP contribution is 2.16. The first-order valence-corrected chi connectivity index (χ1v) is 9.59. The van der Waals surface area contributed by atoms with Gasteiger partial charge in [0.1, 0.15) is 5.82 Å². The molecule has 140 valence electrons. The maximum absolute atomic E-state index is 12.6. The molecular weight excluding hydrogens is 352 g/mol. The molecule has 0 aliphatic rings. The van der Waals surface area contributed by atoms with E-state index in [9.17, 15) is 13.2 Å². The van der Waals surface area contributed by atoms with Crippen LogP contribution in [0.2, 0.25) is 0 Å². The SMILES string of the molecule is Cc1ccc(S(=O)(=O)N(C)Cc2ncc(C(=O)NC(C)(C)C)cn2)cc1. The first-order chi connectivity index (χ1) is 12.0. The van der Waals surface area contributed by atoms with E-state index < -0.39 is 10.0 Å². The van der Waals surface area contributed by atoms with Crippen LogP contribution >= 0.6 is 0 Å². The summed E-state index contributed by atoms with van der Waals surface area (Å²) in [5, 5.41) is 2.82. The summed E-state index contributed by atoms with van der Waals surface area (Å²) in [6, 6.07) is 6.64. The van der Waals surface area contributed by atoms with Gasteiger partial charge in [-0.25, -0.2) is 18.4 Å². The molecule has 0 unspecified atom stereocenters. The molecular formula is C18H24N4O3S. The van der Waals surface area contributed by atoms with Gasteiger partial charge in [0, 0.05) is 25.0 Å². The third kappa shape index (κ3) is 5.09. The van der Waals surface area contributed by atoms with E-state index in [0.29, 0.717) is 11.4 Å². The van der Waals surface area contributed by atoms with Crippen LogP contribution in [0.25, 0.3) is 0 Å². The molecule has 0 aliphatic heterocycles. The zero-order chi connectivity index (χ0) is 19.5. The van der Waals surface area contributed by atoms with Crippen LogP contribution in [0.3, 0.4) is 0 Å². The molecule has 1 N–H and O–H groups in total. The van der Waals surface area contributed by atoms with E-state index in [0.717, 1.165) is 5.56 Å². The Morgan fingerprint density at radius 3 is 2.15 bits per heavy atom. The Bertz CT molecular complexity index is 870. The van der Waals surface area contributed by atoms with Gasteiger partial charge in [-0.2, -0.15) is 4.31 Å². The number of rotatable bonds is 5. The van der Waals surface area contributed by atoms with Gasteiger partial charge in [0.2, 0.25) is 10.0 Å². The largest absolute Gasteiger partial charge is 0.347 e. The number of benzene rings is 1. The van der Waals surface area contributed by atoms with Gasteiger partial charge in [-0.3, -0.25) is 4.79 Å². The van der Waals surface area contributed by atoms with Crippen molar-refractivity contribution >= 4 is 15.9 Å². The minimum atomic E-state index is -3.63. The van der Waals surface area contributed by atoms with Crippen molar-refractivity contribution in [2.24, 2.45) is 0 Å². The quantitative estimate of drug-likeness (QED) is 0.863. The summed E-state index contributed by atoms with van der Waals surface area (Å²) in [6.45, 7) is 7.55. The van der Waals surface area contributed by atoms with Crippen molar-refractivity contribution in [1.82, 2.24) is 19.6 Å². The minimum absolute atomic E-state index is 0.0113. The Morgan fingerprint density at radius 2 is 1.65 bits per heavy atom. The summed E-state index contributed by atoms with van der Waals surface area (Å²) in [6.07, 6.45) is 2.80. The van der Waals surface area contributed by atoms with Crippen LogP contribution in [0.5, 0.6) is 0 Å². The number of hydrogen-bond acceptors (Lipinski definition) is 5. The van der Waals surface area contributed by atoms with Crippen LogP contribution < -0.4 is 5.32 Å². The Labute approximate surface area is 154 Å². The zero-order valence-corrected chi connectivity index (χ0v) is 16.5. The van der Waals surface area contributed by atoms with Crippen molar-refractivity contribution in [3.05, 3.63) is 53.6 Å². The Balaban J connectivity index is 2.10. The van der Waals surface area contributed by atoms with Crippen molar-refractivity contribution < 1.29 is 13.2 Å². The highest BCUT2D eigenvalue weighted by atomic mass is 32.2. The van der Waals surface area contributed by atoms with E-state index in [-0.39, 0.29) is 22.9 Å². The third-order valence-electron chi connectivity index (χ3n) is 3.55. The highest BCUT2D eigenvalue weighted by Gasteiger charge is 2.22. The van der Waals surface area contributed by atoms with Crippen LogP contribution in [-0.4, -0.2) is 41.2 Å². The van der Waals surface area contributed by atoms with E-state index in [1.807, 2.05) is 27.7 Å². The van der Waals surface area contributed by atoms with Crippen LogP contribution in [0, 0.1) is 6.92 Å². The maximum Gasteiger partial charge on any atom is 0.254 e.